The Morgan fingerprint density at radius 2 is 1.83 bits per heavy atom. The molecule has 2 aliphatic carbocycles. The molecule has 14 nitrogen and oxygen atoms in total. The summed E-state index contributed by atoms with van der Waals surface area (Å²) in [6.45, 7) is 5.68. The van der Waals surface area contributed by atoms with Gasteiger partial charge in [-0.3, -0.25) is 19.1 Å². The zero-order valence-electron chi connectivity index (χ0n) is 29.8. The first-order chi connectivity index (χ1) is 24.5. The minimum Gasteiger partial charge on any atom is -0.444 e. The highest BCUT2D eigenvalue weighted by atomic mass is 35.5. The normalized spacial score (nSPS) is 28.2. The molecule has 1 aromatic carbocycles. The number of sulfonamides is 1. The number of rotatable bonds is 5. The number of carbonyl (C=O) groups excluding carboxylic acids is 5. The largest absolute Gasteiger partial charge is 0.444 e. The summed E-state index contributed by atoms with van der Waals surface area (Å²) in [6.07, 6.45) is 6.19. The number of nitrogens with one attached hydrogen (secondary N) is 3. The van der Waals surface area contributed by atoms with Crippen LogP contribution in [0.1, 0.15) is 89.7 Å². The second-order valence-electron chi connectivity index (χ2n) is 15.5. The fourth-order valence-corrected chi connectivity index (χ4v) is 8.75. The van der Waals surface area contributed by atoms with E-state index in [9.17, 15) is 32.4 Å². The Kier molecular flexibility index (Phi) is 10.8. The molecule has 3 heterocycles. The number of benzene rings is 1. The average molecular weight is 762 g/mol. The maximum absolute atomic E-state index is 14.3. The fourth-order valence-electron chi connectivity index (χ4n) is 7.20. The molecular formula is C36H48ClN5O9S. The molecule has 284 valence electrons. The fraction of sp³-hybridized carbons (Fsp3) is 0.639. The minimum atomic E-state index is -3.90. The number of hydrogen-bond donors (Lipinski definition) is 3. The van der Waals surface area contributed by atoms with Crippen molar-refractivity contribution in [1.82, 2.24) is 25.2 Å². The van der Waals surface area contributed by atoms with Crippen molar-refractivity contribution in [2.24, 2.45) is 5.92 Å². The van der Waals surface area contributed by atoms with Gasteiger partial charge in [0.1, 0.15) is 29.3 Å². The quantitative estimate of drug-likeness (QED) is 0.377. The van der Waals surface area contributed by atoms with Crippen LogP contribution in [0.2, 0.25) is 5.02 Å². The van der Waals surface area contributed by atoms with Crippen molar-refractivity contribution in [2.45, 2.75) is 126 Å². The predicted octanol–water partition coefficient (Wildman–Crippen LogP) is 3.70. The third kappa shape index (κ3) is 8.84. The first kappa shape index (κ1) is 37.9. The lowest BCUT2D eigenvalue weighted by atomic mass is 10.0. The molecule has 5 aliphatic rings. The van der Waals surface area contributed by atoms with Gasteiger partial charge in [-0.2, -0.15) is 0 Å². The van der Waals surface area contributed by atoms with Gasteiger partial charge in [-0.05, 0) is 89.0 Å². The molecule has 5 amide bonds. The smallest absolute Gasteiger partial charge is 0.410 e. The van der Waals surface area contributed by atoms with E-state index in [1.165, 1.54) is 4.90 Å². The van der Waals surface area contributed by atoms with Gasteiger partial charge in [-0.25, -0.2) is 18.0 Å². The molecular weight excluding hydrogens is 714 g/mol. The Labute approximate surface area is 309 Å². The number of hydrogen-bond acceptors (Lipinski definition) is 9. The highest BCUT2D eigenvalue weighted by Gasteiger charge is 2.62. The SMILES string of the molecule is CC(C)(C)OC(=O)N[C@H]1CCCCCC=C[C@@H]2C[C@@]2(C(=O)NS(=O)(=O)C2CC2)NC(=O)[C@@H]2C[C@@H](OC(=O)N3CCc4ccc(Cl)cc4C3)CN2C1=O. The van der Waals surface area contributed by atoms with Crippen LogP contribution in [0.4, 0.5) is 9.59 Å². The van der Waals surface area contributed by atoms with E-state index < -0.39 is 80.4 Å². The van der Waals surface area contributed by atoms with Gasteiger partial charge in [0.2, 0.25) is 21.8 Å². The van der Waals surface area contributed by atoms with E-state index in [0.29, 0.717) is 43.7 Å². The number of allylic oxidation sites excluding steroid dienone is 1. The maximum atomic E-state index is 14.3. The molecule has 2 saturated carbocycles. The Hall–Kier alpha value is -3.85. The molecule has 3 aliphatic heterocycles. The molecule has 3 N–H and O–H groups in total. The molecule has 0 radical (unpaired) electrons. The van der Waals surface area contributed by atoms with Crippen LogP contribution in [-0.2, 0) is 46.8 Å². The van der Waals surface area contributed by atoms with E-state index in [-0.39, 0.29) is 32.4 Å². The van der Waals surface area contributed by atoms with E-state index in [2.05, 4.69) is 15.4 Å². The van der Waals surface area contributed by atoms with E-state index in [1.807, 2.05) is 24.3 Å². The molecule has 0 bridgehead atoms. The van der Waals surface area contributed by atoms with Crippen LogP contribution in [0.15, 0.2) is 30.4 Å². The summed E-state index contributed by atoms with van der Waals surface area (Å²) in [5, 5.41) is 5.42. The molecule has 0 unspecified atom stereocenters. The van der Waals surface area contributed by atoms with Gasteiger partial charge in [-0.1, -0.05) is 42.7 Å². The van der Waals surface area contributed by atoms with Crippen LogP contribution in [0.5, 0.6) is 0 Å². The zero-order valence-corrected chi connectivity index (χ0v) is 31.4. The van der Waals surface area contributed by atoms with Crippen molar-refractivity contribution in [2.75, 3.05) is 13.1 Å². The lowest BCUT2D eigenvalue weighted by Gasteiger charge is -2.30. The number of halogens is 1. The van der Waals surface area contributed by atoms with Crippen LogP contribution in [0.3, 0.4) is 0 Å². The number of fused-ring (bicyclic) bond motifs is 3. The molecule has 6 rings (SSSR count). The van der Waals surface area contributed by atoms with Crippen molar-refractivity contribution in [3.63, 3.8) is 0 Å². The minimum absolute atomic E-state index is 0.0721. The summed E-state index contributed by atoms with van der Waals surface area (Å²) >= 11 is 6.20. The van der Waals surface area contributed by atoms with Crippen molar-refractivity contribution in [1.29, 1.82) is 0 Å². The summed E-state index contributed by atoms with van der Waals surface area (Å²) in [5.74, 6) is -2.51. The van der Waals surface area contributed by atoms with Crippen molar-refractivity contribution >= 4 is 51.5 Å². The first-order valence-electron chi connectivity index (χ1n) is 18.1. The van der Waals surface area contributed by atoms with Crippen molar-refractivity contribution < 1.29 is 41.9 Å². The van der Waals surface area contributed by atoms with Crippen LogP contribution < -0.4 is 15.4 Å². The molecule has 0 aromatic heterocycles. The molecule has 3 fully saturated rings. The average Bonchev–Trinajstić information content (AvgIpc) is 3.99. The zero-order chi connectivity index (χ0) is 37.4. The van der Waals surface area contributed by atoms with E-state index in [1.54, 1.807) is 31.7 Å². The summed E-state index contributed by atoms with van der Waals surface area (Å²) in [7, 11) is -3.90. The third-order valence-electron chi connectivity index (χ3n) is 10.2. The van der Waals surface area contributed by atoms with Crippen molar-refractivity contribution in [3.8, 4) is 0 Å². The highest BCUT2D eigenvalue weighted by molar-refractivity contribution is 7.91. The standard InChI is InChI=1S/C36H48ClN5O9S/c1-35(2,3)51-33(46)38-28-10-8-6-4-5-7-9-24-19-36(24,32(45)40-52(48,49)27-13-14-27)39-30(43)29-18-26(21-42(29)31(28)44)50-34(47)41-16-15-22-11-12-25(37)17-23(22)20-41/h7,9,11-12,17,24,26-29H,4-6,8,10,13-16,18-21H2,1-3H3,(H,38,46)(H,39,43)(H,40,45)/t24-,26-,28+,29+,36-/m1/s1. The number of amides is 5. The number of carbonyl (C=O) groups is 5. The molecule has 5 atom stereocenters. The molecule has 1 aromatic rings. The lowest BCUT2D eigenvalue weighted by molar-refractivity contribution is -0.141. The van der Waals surface area contributed by atoms with E-state index in [4.69, 9.17) is 21.1 Å². The van der Waals surface area contributed by atoms with Gasteiger partial charge in [-0.15, -0.1) is 0 Å². The van der Waals surface area contributed by atoms with Crippen LogP contribution in [0.25, 0.3) is 0 Å². The number of ether oxygens (including phenoxy) is 2. The summed E-state index contributed by atoms with van der Waals surface area (Å²) in [4.78, 5) is 71.4. The predicted molar refractivity (Wildman–Crippen MR) is 190 cm³/mol. The van der Waals surface area contributed by atoms with Gasteiger partial charge in [0.15, 0.2) is 0 Å². The van der Waals surface area contributed by atoms with Crippen LogP contribution >= 0.6 is 11.6 Å². The molecule has 1 saturated heterocycles. The monoisotopic (exact) mass is 761 g/mol. The molecule has 16 heteroatoms. The Morgan fingerprint density at radius 1 is 1.06 bits per heavy atom. The third-order valence-corrected chi connectivity index (χ3v) is 12.3. The van der Waals surface area contributed by atoms with Crippen LogP contribution in [0, 0.1) is 5.92 Å². The second kappa shape index (κ2) is 14.9. The highest BCUT2D eigenvalue weighted by Crippen LogP contribution is 2.46. The maximum Gasteiger partial charge on any atom is 0.410 e. The number of alkyl carbamates (subject to hydrolysis) is 1. The van der Waals surface area contributed by atoms with Gasteiger partial charge in [0.05, 0.1) is 11.8 Å². The molecule has 0 spiro atoms. The summed E-state index contributed by atoms with van der Waals surface area (Å²) in [6, 6.07) is 3.32. The van der Waals surface area contributed by atoms with Gasteiger partial charge in [0, 0.05) is 30.5 Å². The Balaban J connectivity index is 1.25. The summed E-state index contributed by atoms with van der Waals surface area (Å²) in [5.41, 5.74) is -0.365. The van der Waals surface area contributed by atoms with E-state index >= 15 is 0 Å². The summed E-state index contributed by atoms with van der Waals surface area (Å²) < 4.78 is 39.1. The van der Waals surface area contributed by atoms with Gasteiger partial charge < -0.3 is 29.9 Å². The van der Waals surface area contributed by atoms with Crippen molar-refractivity contribution in [3.05, 3.63) is 46.5 Å². The second-order valence-corrected chi connectivity index (χ2v) is 17.9. The molecule has 52 heavy (non-hydrogen) atoms. The lowest BCUT2D eigenvalue weighted by Crippen LogP contribution is -2.58. The number of nitrogens with zero attached hydrogens (tertiary/aromatic N) is 2. The van der Waals surface area contributed by atoms with Crippen LogP contribution in [-0.4, -0.2) is 95.8 Å². The Morgan fingerprint density at radius 3 is 2.56 bits per heavy atom. The first-order valence-corrected chi connectivity index (χ1v) is 20.0. The topological polar surface area (TPSA) is 181 Å². The van der Waals surface area contributed by atoms with E-state index in [0.717, 1.165) is 24.0 Å². The Bertz CT molecular complexity index is 1740. The van der Waals surface area contributed by atoms with Gasteiger partial charge in [0.25, 0.3) is 5.91 Å². The van der Waals surface area contributed by atoms with Gasteiger partial charge >= 0.3 is 12.2 Å².